The molecule has 0 fully saturated rings. The highest BCUT2D eigenvalue weighted by Crippen LogP contribution is 2.34. The molecule has 0 bridgehead atoms. The van der Waals surface area contributed by atoms with Crippen LogP contribution in [0.1, 0.15) is 35.9 Å². The van der Waals surface area contributed by atoms with Crippen LogP contribution in [0.2, 0.25) is 10.0 Å². The zero-order chi connectivity index (χ0) is 16.1. The molecule has 5 heteroatoms. The quantitative estimate of drug-likeness (QED) is 0.806. The molecular formula is C17H17Cl2NO2. The maximum absolute atomic E-state index is 10.9. The van der Waals surface area contributed by atoms with Crippen molar-refractivity contribution in [2.75, 3.05) is 0 Å². The van der Waals surface area contributed by atoms with E-state index in [4.69, 9.17) is 34.0 Å². The number of hydrogen-bond acceptors (Lipinski definition) is 2. The minimum atomic E-state index is -0.838. The Morgan fingerprint density at radius 1 is 1.05 bits per heavy atom. The molecule has 116 valence electrons. The second-order valence-corrected chi connectivity index (χ2v) is 6.04. The van der Waals surface area contributed by atoms with E-state index in [0.29, 0.717) is 16.5 Å². The third-order valence-electron chi connectivity index (χ3n) is 3.63. The van der Waals surface area contributed by atoms with Crippen molar-refractivity contribution in [2.45, 2.75) is 24.8 Å². The first kappa shape index (κ1) is 16.8. The van der Waals surface area contributed by atoms with Gasteiger partial charge in [-0.3, -0.25) is 4.79 Å². The van der Waals surface area contributed by atoms with E-state index in [2.05, 4.69) is 0 Å². The van der Waals surface area contributed by atoms with Gasteiger partial charge in [0.15, 0.2) is 0 Å². The topological polar surface area (TPSA) is 63.3 Å². The third kappa shape index (κ3) is 4.47. The molecule has 2 atom stereocenters. The predicted octanol–water partition coefficient (Wildman–Crippen LogP) is 4.64. The van der Waals surface area contributed by atoms with Crippen molar-refractivity contribution in [2.24, 2.45) is 5.73 Å². The van der Waals surface area contributed by atoms with Crippen LogP contribution in [-0.4, -0.2) is 11.1 Å². The summed E-state index contributed by atoms with van der Waals surface area (Å²) in [6.07, 6.45) is 0.498. The Morgan fingerprint density at radius 2 is 1.73 bits per heavy atom. The fraction of sp³-hybridized carbons (Fsp3) is 0.235. The average Bonchev–Trinajstić information content (AvgIpc) is 2.48. The second kappa shape index (κ2) is 7.63. The van der Waals surface area contributed by atoms with Crippen LogP contribution in [0, 0.1) is 0 Å². The number of carboxylic acid groups (broad SMARTS) is 1. The zero-order valence-corrected chi connectivity index (χ0v) is 13.4. The Bertz CT molecular complexity index is 643. The van der Waals surface area contributed by atoms with E-state index >= 15 is 0 Å². The van der Waals surface area contributed by atoms with Gasteiger partial charge in [-0.1, -0.05) is 47.5 Å². The standard InChI is InChI=1S/C17H17Cl2NO2/c18-13-6-4-11(5-7-13)17(20)15(8-9-16(21)22)12-2-1-3-14(19)10-12/h1-7,10,15,17H,8-9,20H2,(H,21,22)/t15-,17-/m1/s1. The number of hydrogen-bond donors (Lipinski definition) is 2. The molecule has 0 saturated heterocycles. The molecule has 0 radical (unpaired) electrons. The molecule has 0 saturated carbocycles. The summed E-state index contributed by atoms with van der Waals surface area (Å²) in [6.45, 7) is 0. The Kier molecular flexibility index (Phi) is 5.83. The largest absolute Gasteiger partial charge is 0.481 e. The predicted molar refractivity (Wildman–Crippen MR) is 89.4 cm³/mol. The third-order valence-corrected chi connectivity index (χ3v) is 4.12. The SMILES string of the molecule is N[C@H](c1ccc(Cl)cc1)[C@H](CCC(=O)O)c1cccc(Cl)c1. The number of benzene rings is 2. The van der Waals surface area contributed by atoms with Crippen molar-refractivity contribution in [3.63, 3.8) is 0 Å². The molecule has 3 nitrogen and oxygen atoms in total. The highest BCUT2D eigenvalue weighted by Gasteiger charge is 2.22. The van der Waals surface area contributed by atoms with Gasteiger partial charge in [0.2, 0.25) is 0 Å². The van der Waals surface area contributed by atoms with Crippen molar-refractivity contribution in [3.05, 3.63) is 69.7 Å². The molecule has 0 spiro atoms. The summed E-state index contributed by atoms with van der Waals surface area (Å²) in [6, 6.07) is 14.4. The minimum Gasteiger partial charge on any atom is -0.481 e. The van der Waals surface area contributed by atoms with E-state index in [9.17, 15) is 4.79 Å². The van der Waals surface area contributed by atoms with E-state index < -0.39 is 5.97 Å². The first-order valence-corrected chi connectivity index (χ1v) is 7.71. The number of halogens is 2. The molecule has 2 rings (SSSR count). The Balaban J connectivity index is 2.30. The number of carboxylic acids is 1. The summed E-state index contributed by atoms with van der Waals surface area (Å²) in [5.41, 5.74) is 8.24. The van der Waals surface area contributed by atoms with Gasteiger partial charge in [-0.15, -0.1) is 0 Å². The maximum atomic E-state index is 10.9. The zero-order valence-electron chi connectivity index (χ0n) is 11.9. The van der Waals surface area contributed by atoms with Crippen LogP contribution in [0.4, 0.5) is 0 Å². The molecule has 0 amide bonds. The highest BCUT2D eigenvalue weighted by atomic mass is 35.5. The molecule has 3 N–H and O–H groups in total. The van der Waals surface area contributed by atoms with Gasteiger partial charge in [0.05, 0.1) is 0 Å². The lowest BCUT2D eigenvalue weighted by molar-refractivity contribution is -0.137. The van der Waals surface area contributed by atoms with Crippen LogP contribution in [-0.2, 0) is 4.79 Å². The second-order valence-electron chi connectivity index (χ2n) is 5.17. The minimum absolute atomic E-state index is 0.0540. The van der Waals surface area contributed by atoms with E-state index in [-0.39, 0.29) is 18.4 Å². The van der Waals surface area contributed by atoms with Gasteiger partial charge in [-0.05, 0) is 41.8 Å². The van der Waals surface area contributed by atoms with Crippen molar-refractivity contribution >= 4 is 29.2 Å². The lowest BCUT2D eigenvalue weighted by atomic mass is 9.84. The van der Waals surface area contributed by atoms with E-state index in [0.717, 1.165) is 11.1 Å². The molecule has 0 aliphatic rings. The molecule has 2 aromatic carbocycles. The van der Waals surface area contributed by atoms with Crippen LogP contribution in [0.3, 0.4) is 0 Å². The van der Waals surface area contributed by atoms with Crippen molar-refractivity contribution in [1.29, 1.82) is 0 Å². The normalized spacial score (nSPS) is 13.6. The van der Waals surface area contributed by atoms with E-state index in [1.165, 1.54) is 0 Å². The number of aliphatic carboxylic acids is 1. The fourth-order valence-electron chi connectivity index (χ4n) is 2.49. The van der Waals surface area contributed by atoms with Gasteiger partial charge >= 0.3 is 5.97 Å². The van der Waals surface area contributed by atoms with Crippen LogP contribution >= 0.6 is 23.2 Å². The summed E-state index contributed by atoms with van der Waals surface area (Å²) in [5, 5.41) is 10.2. The molecule has 2 aromatic rings. The van der Waals surface area contributed by atoms with Crippen LogP contribution in [0.15, 0.2) is 48.5 Å². The number of carbonyl (C=O) groups is 1. The first-order chi connectivity index (χ1) is 10.5. The Morgan fingerprint density at radius 3 is 2.32 bits per heavy atom. The van der Waals surface area contributed by atoms with Gasteiger partial charge in [-0.25, -0.2) is 0 Å². The summed E-state index contributed by atoms with van der Waals surface area (Å²) in [7, 11) is 0. The summed E-state index contributed by atoms with van der Waals surface area (Å²) < 4.78 is 0. The lowest BCUT2D eigenvalue weighted by Crippen LogP contribution is -2.21. The molecule has 0 unspecified atom stereocenters. The molecular weight excluding hydrogens is 321 g/mol. The van der Waals surface area contributed by atoms with E-state index in [1.54, 1.807) is 18.2 Å². The summed E-state index contributed by atoms with van der Waals surface area (Å²) >= 11 is 11.9. The molecule has 0 aliphatic carbocycles. The van der Waals surface area contributed by atoms with Gasteiger partial charge in [0.25, 0.3) is 0 Å². The maximum Gasteiger partial charge on any atom is 0.303 e. The van der Waals surface area contributed by atoms with Crippen LogP contribution in [0.5, 0.6) is 0 Å². The molecule has 22 heavy (non-hydrogen) atoms. The monoisotopic (exact) mass is 337 g/mol. The van der Waals surface area contributed by atoms with Crippen molar-refractivity contribution in [1.82, 2.24) is 0 Å². The van der Waals surface area contributed by atoms with Crippen LogP contribution < -0.4 is 5.73 Å². The Labute approximate surface area is 139 Å². The molecule has 0 aromatic heterocycles. The summed E-state index contributed by atoms with van der Waals surface area (Å²) in [4.78, 5) is 10.9. The van der Waals surface area contributed by atoms with Gasteiger partial charge in [-0.2, -0.15) is 0 Å². The van der Waals surface area contributed by atoms with Crippen molar-refractivity contribution < 1.29 is 9.90 Å². The first-order valence-electron chi connectivity index (χ1n) is 6.95. The lowest BCUT2D eigenvalue weighted by Gasteiger charge is -2.24. The molecule has 0 aliphatic heterocycles. The smallest absolute Gasteiger partial charge is 0.303 e. The molecule has 0 heterocycles. The Hall–Kier alpha value is -1.55. The van der Waals surface area contributed by atoms with Gasteiger partial charge in [0, 0.05) is 28.4 Å². The highest BCUT2D eigenvalue weighted by molar-refractivity contribution is 6.30. The van der Waals surface area contributed by atoms with Crippen molar-refractivity contribution in [3.8, 4) is 0 Å². The summed E-state index contributed by atoms with van der Waals surface area (Å²) in [5.74, 6) is -0.966. The van der Waals surface area contributed by atoms with Crippen LogP contribution in [0.25, 0.3) is 0 Å². The fourth-order valence-corrected chi connectivity index (χ4v) is 2.81. The number of rotatable bonds is 6. The van der Waals surface area contributed by atoms with Gasteiger partial charge < -0.3 is 10.8 Å². The number of nitrogens with two attached hydrogens (primary N) is 1. The average molecular weight is 338 g/mol. The van der Waals surface area contributed by atoms with E-state index in [1.807, 2.05) is 30.3 Å². The van der Waals surface area contributed by atoms with Gasteiger partial charge in [0.1, 0.15) is 0 Å².